The van der Waals surface area contributed by atoms with Gasteiger partial charge in [-0.05, 0) is 62.1 Å². The summed E-state index contributed by atoms with van der Waals surface area (Å²) in [5.74, 6) is 1.54. The Kier molecular flexibility index (Phi) is 4.93. The second-order valence-electron chi connectivity index (χ2n) is 11.9. The third kappa shape index (κ3) is 2.92. The van der Waals surface area contributed by atoms with Crippen molar-refractivity contribution in [1.82, 2.24) is 0 Å². The molecule has 162 valence electrons. The number of rotatable bonds is 3. The van der Waals surface area contributed by atoms with Gasteiger partial charge in [-0.3, -0.25) is 4.79 Å². The molecule has 0 aromatic heterocycles. The van der Waals surface area contributed by atoms with Gasteiger partial charge in [0, 0.05) is 12.3 Å². The number of fused-ring (bicyclic) bond motifs is 4. The lowest BCUT2D eigenvalue weighted by atomic mass is 9.59. The first-order valence-electron chi connectivity index (χ1n) is 11.5. The predicted molar refractivity (Wildman–Crippen MR) is 120 cm³/mol. The molecule has 4 heteroatoms. The van der Waals surface area contributed by atoms with E-state index in [1.807, 2.05) is 0 Å². The van der Waals surface area contributed by atoms with Crippen LogP contribution < -0.4 is 0 Å². The third-order valence-corrected chi connectivity index (χ3v) is 13.7. The normalized spacial score (nSPS) is 44.6. The molecule has 4 fully saturated rings. The third-order valence-electron chi connectivity index (χ3n) is 9.19. The number of ether oxygens (including phenoxy) is 1. The molecule has 1 spiro atoms. The van der Waals surface area contributed by atoms with Crippen molar-refractivity contribution >= 4 is 14.1 Å². The van der Waals surface area contributed by atoms with Crippen LogP contribution in [0.15, 0.2) is 24.3 Å². The monoisotopic (exact) mass is 416 g/mol. The number of allylic oxidation sites excluding steroid dienone is 2. The van der Waals surface area contributed by atoms with Gasteiger partial charge in [-0.15, -0.1) is 0 Å². The second-order valence-corrected chi connectivity index (χ2v) is 16.6. The summed E-state index contributed by atoms with van der Waals surface area (Å²) in [7, 11) is -1.99. The minimum Gasteiger partial charge on any atom is -0.411 e. The van der Waals surface area contributed by atoms with E-state index in [1.165, 1.54) is 11.1 Å². The molecule has 2 saturated heterocycles. The minimum absolute atomic E-state index is 0.00835. The van der Waals surface area contributed by atoms with Gasteiger partial charge in [0.05, 0.1) is 18.1 Å². The van der Waals surface area contributed by atoms with Gasteiger partial charge < -0.3 is 9.16 Å². The van der Waals surface area contributed by atoms with Crippen LogP contribution in [-0.2, 0) is 14.0 Å². The summed E-state index contributed by atoms with van der Waals surface area (Å²) in [6, 6.07) is 0. The van der Waals surface area contributed by atoms with Crippen molar-refractivity contribution in [2.75, 3.05) is 0 Å². The Hall–Kier alpha value is -0.713. The fraction of sp³-hybridized carbons (Fsp3) is 0.800. The van der Waals surface area contributed by atoms with E-state index >= 15 is 0 Å². The van der Waals surface area contributed by atoms with Crippen molar-refractivity contribution < 1.29 is 14.0 Å². The molecule has 4 aliphatic rings. The second kappa shape index (κ2) is 6.64. The van der Waals surface area contributed by atoms with Crippen LogP contribution in [-0.4, -0.2) is 31.9 Å². The van der Waals surface area contributed by atoms with Crippen molar-refractivity contribution in [3.63, 3.8) is 0 Å². The van der Waals surface area contributed by atoms with Crippen LogP contribution in [0.4, 0.5) is 0 Å². The molecule has 2 heterocycles. The van der Waals surface area contributed by atoms with Gasteiger partial charge in [-0.2, -0.15) is 0 Å². The molecule has 2 bridgehead atoms. The number of Topliss-reactive ketones (excluding diaryl/α,β-unsaturated/α-hetero) is 1. The highest BCUT2D eigenvalue weighted by molar-refractivity contribution is 6.74. The van der Waals surface area contributed by atoms with E-state index in [1.54, 1.807) is 0 Å². The number of ketones is 1. The van der Waals surface area contributed by atoms with Crippen molar-refractivity contribution in [2.45, 2.75) is 96.2 Å². The molecule has 8 atom stereocenters. The molecule has 2 saturated carbocycles. The summed E-state index contributed by atoms with van der Waals surface area (Å²) < 4.78 is 14.0. The summed E-state index contributed by atoms with van der Waals surface area (Å²) in [5, 5.41) is 0.134. The minimum atomic E-state index is -1.99. The highest BCUT2D eigenvalue weighted by Gasteiger charge is 2.72. The van der Waals surface area contributed by atoms with Crippen LogP contribution >= 0.6 is 0 Å². The maximum Gasteiger partial charge on any atom is 0.192 e. The SMILES string of the molecule is C=C1CC[C@H](C(=C)C)[C@H]2[C@H]3O[C@]4(CCC(=O)[C@H]4[C@H]12)[C@H](O[Si](C)(C)C(C)(C)C)[C@H]3C. The Morgan fingerprint density at radius 3 is 2.52 bits per heavy atom. The fourth-order valence-corrected chi connectivity index (χ4v) is 8.12. The quantitative estimate of drug-likeness (QED) is 0.423. The Morgan fingerprint density at radius 2 is 1.93 bits per heavy atom. The van der Waals surface area contributed by atoms with Crippen LogP contribution in [0.25, 0.3) is 0 Å². The molecule has 0 unspecified atom stereocenters. The van der Waals surface area contributed by atoms with E-state index in [-0.39, 0.29) is 29.1 Å². The van der Waals surface area contributed by atoms with Gasteiger partial charge >= 0.3 is 0 Å². The van der Waals surface area contributed by atoms with E-state index in [4.69, 9.17) is 9.16 Å². The van der Waals surface area contributed by atoms with E-state index in [0.29, 0.717) is 30.0 Å². The summed E-state index contributed by atoms with van der Waals surface area (Å²) in [6.07, 6.45) is 3.67. The highest BCUT2D eigenvalue weighted by atomic mass is 28.4. The van der Waals surface area contributed by atoms with Crippen molar-refractivity contribution in [2.24, 2.45) is 29.6 Å². The number of carbonyl (C=O) groups is 1. The van der Waals surface area contributed by atoms with E-state index < -0.39 is 13.9 Å². The largest absolute Gasteiger partial charge is 0.411 e. The predicted octanol–water partition coefficient (Wildman–Crippen LogP) is 5.92. The van der Waals surface area contributed by atoms with E-state index in [0.717, 1.165) is 19.3 Å². The first-order valence-corrected chi connectivity index (χ1v) is 14.4. The van der Waals surface area contributed by atoms with Crippen LogP contribution in [0, 0.1) is 29.6 Å². The summed E-state index contributed by atoms with van der Waals surface area (Å²) in [4.78, 5) is 13.3. The van der Waals surface area contributed by atoms with Crippen LogP contribution in [0.3, 0.4) is 0 Å². The number of hydrogen-bond donors (Lipinski definition) is 0. The zero-order chi connectivity index (χ0) is 21.5. The first kappa shape index (κ1) is 21.5. The van der Waals surface area contributed by atoms with Gasteiger partial charge in [0.15, 0.2) is 8.32 Å². The Bertz CT molecular complexity index is 748. The fourth-order valence-electron chi connectivity index (χ4n) is 6.72. The van der Waals surface area contributed by atoms with E-state index in [2.05, 4.69) is 60.9 Å². The standard InChI is InChI=1S/C25H40O3Si/c1-14(2)17-11-10-15(3)19-20(17)22-16(4)23(28-29(8,9)24(5,6)7)25(27-22)13-12-18(26)21(19)25/h16-17,19-23H,1,3,10-13H2,2,4-9H3/t16-,17+,19+,20+,21-,22-,23+,25-/m0/s1. The van der Waals surface area contributed by atoms with Crippen molar-refractivity contribution in [1.29, 1.82) is 0 Å². The van der Waals surface area contributed by atoms with Gasteiger partial charge in [-0.1, -0.05) is 52.0 Å². The smallest absolute Gasteiger partial charge is 0.192 e. The molecule has 0 aromatic rings. The lowest BCUT2D eigenvalue weighted by molar-refractivity contribution is -0.183. The maximum atomic E-state index is 13.3. The maximum absolute atomic E-state index is 13.3. The number of hydrogen-bond acceptors (Lipinski definition) is 3. The van der Waals surface area contributed by atoms with Crippen molar-refractivity contribution in [3.05, 3.63) is 24.3 Å². The van der Waals surface area contributed by atoms with Gasteiger partial charge in [0.25, 0.3) is 0 Å². The average Bonchev–Trinajstić information content (AvgIpc) is 3.05. The van der Waals surface area contributed by atoms with Gasteiger partial charge in [0.1, 0.15) is 11.4 Å². The molecular weight excluding hydrogens is 376 g/mol. The van der Waals surface area contributed by atoms with Crippen LogP contribution in [0.2, 0.25) is 18.1 Å². The average molecular weight is 417 g/mol. The Morgan fingerprint density at radius 1 is 1.28 bits per heavy atom. The van der Waals surface area contributed by atoms with Crippen LogP contribution in [0.5, 0.6) is 0 Å². The Labute approximate surface area is 178 Å². The molecule has 0 aromatic carbocycles. The molecule has 29 heavy (non-hydrogen) atoms. The Balaban J connectivity index is 1.81. The topological polar surface area (TPSA) is 35.5 Å². The summed E-state index contributed by atoms with van der Waals surface area (Å²) in [5.41, 5.74) is 2.05. The van der Waals surface area contributed by atoms with Gasteiger partial charge in [-0.25, -0.2) is 0 Å². The summed E-state index contributed by atoms with van der Waals surface area (Å²) in [6.45, 7) is 24.8. The molecular formula is C25H40O3Si. The molecule has 0 radical (unpaired) electrons. The highest BCUT2D eigenvalue weighted by Crippen LogP contribution is 2.65. The molecule has 2 aliphatic heterocycles. The molecule has 0 amide bonds. The summed E-state index contributed by atoms with van der Waals surface area (Å²) >= 11 is 0. The first-order chi connectivity index (χ1) is 13.3. The lowest BCUT2D eigenvalue weighted by Gasteiger charge is -2.53. The molecule has 2 aliphatic carbocycles. The zero-order valence-electron chi connectivity index (χ0n) is 19.5. The van der Waals surface area contributed by atoms with E-state index in [9.17, 15) is 4.79 Å². The lowest BCUT2D eigenvalue weighted by Crippen LogP contribution is -2.58. The number of carbonyl (C=O) groups excluding carboxylic acids is 1. The molecule has 0 N–H and O–H groups in total. The molecule has 4 rings (SSSR count). The molecule has 3 nitrogen and oxygen atoms in total. The van der Waals surface area contributed by atoms with Crippen molar-refractivity contribution in [3.8, 4) is 0 Å². The zero-order valence-corrected chi connectivity index (χ0v) is 20.5. The van der Waals surface area contributed by atoms with Gasteiger partial charge in [0.2, 0.25) is 0 Å². The van der Waals surface area contributed by atoms with Crippen LogP contribution in [0.1, 0.15) is 60.3 Å².